The minimum absolute atomic E-state index is 0.953. The minimum atomic E-state index is 0.953. The van der Waals surface area contributed by atoms with Crippen molar-refractivity contribution < 1.29 is 4.42 Å². The van der Waals surface area contributed by atoms with Gasteiger partial charge in [0.25, 0.3) is 0 Å². The van der Waals surface area contributed by atoms with Crippen LogP contribution in [0.15, 0.2) is 77.2 Å². The third-order valence-electron chi connectivity index (χ3n) is 5.73. The van der Waals surface area contributed by atoms with E-state index in [1.807, 2.05) is 11.3 Å². The van der Waals surface area contributed by atoms with Gasteiger partial charge in [-0.3, -0.25) is 0 Å². The lowest BCUT2D eigenvalue weighted by Crippen LogP contribution is -1.83. The number of aryl methyl sites for hydroxylation is 2. The van der Waals surface area contributed by atoms with Gasteiger partial charge in [0, 0.05) is 30.9 Å². The van der Waals surface area contributed by atoms with Crippen molar-refractivity contribution in [1.82, 2.24) is 0 Å². The molecular formula is C26H18OS. The van der Waals surface area contributed by atoms with E-state index in [0.717, 1.165) is 11.2 Å². The molecule has 134 valence electrons. The highest BCUT2D eigenvalue weighted by Gasteiger charge is 2.13. The first-order valence-corrected chi connectivity index (χ1v) is 10.3. The van der Waals surface area contributed by atoms with E-state index in [0.29, 0.717) is 0 Å². The van der Waals surface area contributed by atoms with Crippen LogP contribution in [0.3, 0.4) is 0 Å². The van der Waals surface area contributed by atoms with Crippen LogP contribution < -0.4 is 0 Å². The van der Waals surface area contributed by atoms with E-state index in [-0.39, 0.29) is 0 Å². The van der Waals surface area contributed by atoms with Gasteiger partial charge in [-0.2, -0.15) is 0 Å². The third kappa shape index (κ3) is 2.18. The summed E-state index contributed by atoms with van der Waals surface area (Å²) in [4.78, 5) is 0. The largest absolute Gasteiger partial charge is 0.456 e. The first kappa shape index (κ1) is 15.9. The Kier molecular flexibility index (Phi) is 3.24. The summed E-state index contributed by atoms with van der Waals surface area (Å²) in [6.07, 6.45) is 0. The van der Waals surface area contributed by atoms with Crippen molar-refractivity contribution in [2.24, 2.45) is 0 Å². The zero-order valence-corrected chi connectivity index (χ0v) is 16.6. The van der Waals surface area contributed by atoms with Crippen LogP contribution in [0, 0.1) is 13.8 Å². The summed E-state index contributed by atoms with van der Waals surface area (Å²) in [5.74, 6) is 0. The molecule has 0 radical (unpaired) electrons. The number of fused-ring (bicyclic) bond motifs is 6. The molecule has 4 aromatic carbocycles. The van der Waals surface area contributed by atoms with Gasteiger partial charge in [-0.05, 0) is 60.9 Å². The summed E-state index contributed by atoms with van der Waals surface area (Å²) in [5.41, 5.74) is 6.98. The quantitative estimate of drug-likeness (QED) is 0.281. The molecule has 0 aliphatic heterocycles. The molecule has 0 aliphatic carbocycles. The lowest BCUT2D eigenvalue weighted by atomic mass is 9.97. The Morgan fingerprint density at radius 1 is 0.679 bits per heavy atom. The van der Waals surface area contributed by atoms with Crippen LogP contribution >= 0.6 is 11.3 Å². The summed E-state index contributed by atoms with van der Waals surface area (Å²) < 4.78 is 8.87. The standard InChI is InChI=1S/C26H18OS/c1-15-7-12-23-22(13-15)19-9-8-17(14-24(19)27-23)18-10-11-21-20-5-3-4-6-25(20)28-26(21)16(18)2/h3-14H,1-2H3. The summed E-state index contributed by atoms with van der Waals surface area (Å²) in [6, 6.07) is 26.2. The Bertz CT molecular complexity index is 1530. The molecule has 0 amide bonds. The Morgan fingerprint density at radius 3 is 2.46 bits per heavy atom. The van der Waals surface area contributed by atoms with E-state index < -0.39 is 0 Å². The highest BCUT2D eigenvalue weighted by Crippen LogP contribution is 2.40. The maximum Gasteiger partial charge on any atom is 0.136 e. The van der Waals surface area contributed by atoms with Crippen LogP contribution in [0.2, 0.25) is 0 Å². The normalized spacial score (nSPS) is 11.9. The second kappa shape index (κ2) is 5.70. The van der Waals surface area contributed by atoms with Gasteiger partial charge in [-0.1, -0.05) is 48.0 Å². The zero-order chi connectivity index (χ0) is 18.8. The van der Waals surface area contributed by atoms with E-state index in [2.05, 4.69) is 86.6 Å². The maximum atomic E-state index is 6.15. The number of furan rings is 1. The molecule has 0 unspecified atom stereocenters. The average Bonchev–Trinajstić information content (AvgIpc) is 3.26. The predicted octanol–water partition coefficient (Wildman–Crippen LogP) is 8.24. The molecule has 0 saturated heterocycles. The first-order valence-electron chi connectivity index (χ1n) is 9.53. The summed E-state index contributed by atoms with van der Waals surface area (Å²) in [5, 5.41) is 5.07. The maximum absolute atomic E-state index is 6.15. The van der Waals surface area contributed by atoms with Gasteiger partial charge in [0.1, 0.15) is 11.2 Å². The van der Waals surface area contributed by atoms with Crippen molar-refractivity contribution in [3.05, 3.63) is 83.9 Å². The molecular weight excluding hydrogens is 360 g/mol. The average molecular weight is 378 g/mol. The van der Waals surface area contributed by atoms with Crippen LogP contribution in [-0.4, -0.2) is 0 Å². The van der Waals surface area contributed by atoms with Gasteiger partial charge < -0.3 is 4.42 Å². The van der Waals surface area contributed by atoms with Crippen molar-refractivity contribution in [1.29, 1.82) is 0 Å². The van der Waals surface area contributed by atoms with Crippen molar-refractivity contribution in [2.45, 2.75) is 13.8 Å². The fraction of sp³-hybridized carbons (Fsp3) is 0.0769. The molecule has 0 aliphatic rings. The summed E-state index contributed by atoms with van der Waals surface area (Å²) in [7, 11) is 0. The molecule has 6 aromatic rings. The molecule has 2 aromatic heterocycles. The van der Waals surface area contributed by atoms with Gasteiger partial charge in [-0.15, -0.1) is 11.3 Å². The van der Waals surface area contributed by atoms with Crippen molar-refractivity contribution in [2.75, 3.05) is 0 Å². The smallest absolute Gasteiger partial charge is 0.136 e. The molecule has 1 nitrogen and oxygen atoms in total. The SMILES string of the molecule is Cc1ccc2oc3cc(-c4ccc5c(sc6ccccc65)c4C)ccc3c2c1. The topological polar surface area (TPSA) is 13.1 Å². The Morgan fingerprint density at radius 2 is 1.54 bits per heavy atom. The summed E-state index contributed by atoms with van der Waals surface area (Å²) in [6.45, 7) is 4.36. The fourth-order valence-electron chi connectivity index (χ4n) is 4.29. The molecule has 2 heteroatoms. The minimum Gasteiger partial charge on any atom is -0.456 e. The van der Waals surface area contributed by atoms with Crippen LogP contribution in [0.5, 0.6) is 0 Å². The van der Waals surface area contributed by atoms with E-state index >= 15 is 0 Å². The second-order valence-electron chi connectivity index (χ2n) is 7.53. The lowest BCUT2D eigenvalue weighted by Gasteiger charge is -2.07. The molecule has 0 bridgehead atoms. The molecule has 0 spiro atoms. The number of benzene rings is 4. The number of thiophene rings is 1. The van der Waals surface area contributed by atoms with Crippen LogP contribution in [0.1, 0.15) is 11.1 Å². The van der Waals surface area contributed by atoms with Crippen LogP contribution in [0.4, 0.5) is 0 Å². The second-order valence-corrected chi connectivity index (χ2v) is 8.58. The highest BCUT2D eigenvalue weighted by atomic mass is 32.1. The number of hydrogen-bond acceptors (Lipinski definition) is 2. The van der Waals surface area contributed by atoms with E-state index in [1.54, 1.807) is 0 Å². The number of rotatable bonds is 1. The monoisotopic (exact) mass is 378 g/mol. The van der Waals surface area contributed by atoms with Gasteiger partial charge in [0.15, 0.2) is 0 Å². The Hall–Kier alpha value is -3.10. The van der Waals surface area contributed by atoms with Crippen molar-refractivity contribution in [3.63, 3.8) is 0 Å². The molecule has 6 rings (SSSR count). The van der Waals surface area contributed by atoms with E-state index in [9.17, 15) is 0 Å². The molecule has 2 heterocycles. The van der Waals surface area contributed by atoms with Gasteiger partial charge >= 0.3 is 0 Å². The lowest BCUT2D eigenvalue weighted by molar-refractivity contribution is 0.669. The highest BCUT2D eigenvalue weighted by molar-refractivity contribution is 7.26. The molecule has 28 heavy (non-hydrogen) atoms. The Labute approximate surface area is 166 Å². The van der Waals surface area contributed by atoms with Gasteiger partial charge in [0.2, 0.25) is 0 Å². The first-order chi connectivity index (χ1) is 13.7. The third-order valence-corrected chi connectivity index (χ3v) is 7.04. The van der Waals surface area contributed by atoms with Crippen LogP contribution in [-0.2, 0) is 0 Å². The van der Waals surface area contributed by atoms with E-state index in [4.69, 9.17) is 4.42 Å². The fourth-order valence-corrected chi connectivity index (χ4v) is 5.50. The zero-order valence-electron chi connectivity index (χ0n) is 15.7. The molecule has 0 N–H and O–H groups in total. The molecule has 0 saturated carbocycles. The predicted molar refractivity (Wildman–Crippen MR) is 122 cm³/mol. The van der Waals surface area contributed by atoms with Gasteiger partial charge in [0.05, 0.1) is 0 Å². The molecule has 0 atom stereocenters. The Balaban J connectivity index is 1.59. The van der Waals surface area contributed by atoms with Crippen LogP contribution in [0.25, 0.3) is 53.2 Å². The van der Waals surface area contributed by atoms with Crippen molar-refractivity contribution >= 4 is 53.4 Å². The van der Waals surface area contributed by atoms with E-state index in [1.165, 1.54) is 53.2 Å². The van der Waals surface area contributed by atoms with Gasteiger partial charge in [-0.25, -0.2) is 0 Å². The summed E-state index contributed by atoms with van der Waals surface area (Å²) >= 11 is 1.88. The van der Waals surface area contributed by atoms with Crippen molar-refractivity contribution in [3.8, 4) is 11.1 Å². The molecule has 0 fully saturated rings. The number of hydrogen-bond donors (Lipinski definition) is 0.